The number of pyridine rings is 1. The summed E-state index contributed by atoms with van der Waals surface area (Å²) < 4.78 is 0. The number of carbonyl (C=O) groups is 1. The minimum absolute atomic E-state index is 0.0533. The van der Waals surface area contributed by atoms with E-state index in [9.17, 15) is 15.0 Å². The van der Waals surface area contributed by atoms with Crippen LogP contribution in [0.4, 0.5) is 0 Å². The molecular weight excluding hydrogens is 268 g/mol. The Morgan fingerprint density at radius 3 is 2.52 bits per heavy atom. The molecule has 0 saturated heterocycles. The molecule has 2 N–H and O–H groups in total. The summed E-state index contributed by atoms with van der Waals surface area (Å²) in [7, 11) is 1.68. The molecule has 1 aromatic carbocycles. The van der Waals surface area contributed by atoms with Crippen molar-refractivity contribution in [1.82, 2.24) is 9.88 Å². The number of carbonyl (C=O) groups excluding carboxylic acids is 1. The number of nitrogens with zero attached hydrogens (tertiary/aromatic N) is 2. The normalized spacial score (nSPS) is 11.9. The van der Waals surface area contributed by atoms with E-state index < -0.39 is 0 Å². The third-order valence-corrected chi connectivity index (χ3v) is 3.44. The van der Waals surface area contributed by atoms with Crippen LogP contribution in [0.1, 0.15) is 23.0 Å². The lowest BCUT2D eigenvalue weighted by molar-refractivity contribution is 0.0734. The maximum Gasteiger partial charge on any atom is 0.276 e. The summed E-state index contributed by atoms with van der Waals surface area (Å²) in [5.74, 6) is -0.222. The molecule has 110 valence electrons. The predicted molar refractivity (Wildman–Crippen MR) is 79.3 cm³/mol. The standard InChI is InChI=1S/C16H18N2O3/c1-11(10-12-5-7-13(19)8-6-12)18(2)16(21)15-14(20)4-3-9-17-15/h3-9,11,19-20H,10H2,1-2H3/t11-/m0/s1. The Bertz CT molecular complexity index is 626. The Morgan fingerprint density at radius 2 is 1.90 bits per heavy atom. The van der Waals surface area contributed by atoms with Crippen LogP contribution in [0, 0.1) is 0 Å². The van der Waals surface area contributed by atoms with Crippen LogP contribution in [0.25, 0.3) is 0 Å². The van der Waals surface area contributed by atoms with Gasteiger partial charge in [0.05, 0.1) is 0 Å². The summed E-state index contributed by atoms with van der Waals surface area (Å²) in [5.41, 5.74) is 1.07. The molecule has 1 amide bonds. The van der Waals surface area contributed by atoms with E-state index in [1.807, 2.05) is 19.1 Å². The Balaban J connectivity index is 2.08. The smallest absolute Gasteiger partial charge is 0.276 e. The van der Waals surface area contributed by atoms with Crippen molar-refractivity contribution < 1.29 is 15.0 Å². The highest BCUT2D eigenvalue weighted by Crippen LogP contribution is 2.18. The second kappa shape index (κ2) is 6.26. The minimum Gasteiger partial charge on any atom is -0.508 e. The van der Waals surface area contributed by atoms with Gasteiger partial charge in [0, 0.05) is 19.3 Å². The van der Waals surface area contributed by atoms with Crippen molar-refractivity contribution in [2.75, 3.05) is 7.05 Å². The molecular formula is C16H18N2O3. The Morgan fingerprint density at radius 1 is 1.24 bits per heavy atom. The van der Waals surface area contributed by atoms with Crippen molar-refractivity contribution in [3.05, 3.63) is 53.9 Å². The third-order valence-electron chi connectivity index (χ3n) is 3.44. The molecule has 1 atom stereocenters. The number of amides is 1. The number of rotatable bonds is 4. The van der Waals surface area contributed by atoms with E-state index in [4.69, 9.17) is 0 Å². The highest BCUT2D eigenvalue weighted by atomic mass is 16.3. The Labute approximate surface area is 123 Å². The van der Waals surface area contributed by atoms with Crippen molar-refractivity contribution in [3.8, 4) is 11.5 Å². The van der Waals surface area contributed by atoms with Crippen LogP contribution in [-0.2, 0) is 6.42 Å². The van der Waals surface area contributed by atoms with Crippen LogP contribution in [0.3, 0.4) is 0 Å². The first kappa shape index (κ1) is 14.8. The molecule has 0 unspecified atom stereocenters. The molecule has 0 radical (unpaired) electrons. The first-order valence-electron chi connectivity index (χ1n) is 6.68. The van der Waals surface area contributed by atoms with E-state index in [0.29, 0.717) is 6.42 Å². The van der Waals surface area contributed by atoms with Crippen LogP contribution in [0.2, 0.25) is 0 Å². The quantitative estimate of drug-likeness (QED) is 0.903. The van der Waals surface area contributed by atoms with Crippen molar-refractivity contribution in [3.63, 3.8) is 0 Å². The van der Waals surface area contributed by atoms with E-state index in [1.165, 1.54) is 12.3 Å². The van der Waals surface area contributed by atoms with Crippen molar-refractivity contribution in [2.24, 2.45) is 0 Å². The number of likely N-dealkylation sites (N-methyl/N-ethyl adjacent to an activating group) is 1. The monoisotopic (exact) mass is 286 g/mol. The van der Waals surface area contributed by atoms with E-state index in [1.54, 1.807) is 30.1 Å². The van der Waals surface area contributed by atoms with E-state index in [-0.39, 0.29) is 29.1 Å². The molecule has 0 aliphatic carbocycles. The maximum absolute atomic E-state index is 12.3. The highest BCUT2D eigenvalue weighted by molar-refractivity contribution is 5.94. The number of aromatic nitrogens is 1. The fraction of sp³-hybridized carbons (Fsp3) is 0.250. The maximum atomic E-state index is 12.3. The SMILES string of the molecule is C[C@@H](Cc1ccc(O)cc1)N(C)C(=O)c1ncccc1O. The van der Waals surface area contributed by atoms with Gasteiger partial charge in [-0.3, -0.25) is 4.79 Å². The van der Waals surface area contributed by atoms with Gasteiger partial charge in [-0.25, -0.2) is 4.98 Å². The van der Waals surface area contributed by atoms with Gasteiger partial charge in [-0.1, -0.05) is 12.1 Å². The highest BCUT2D eigenvalue weighted by Gasteiger charge is 2.21. The van der Waals surface area contributed by atoms with E-state index >= 15 is 0 Å². The van der Waals surface area contributed by atoms with Gasteiger partial charge >= 0.3 is 0 Å². The molecule has 0 saturated carbocycles. The van der Waals surface area contributed by atoms with E-state index in [0.717, 1.165) is 5.56 Å². The summed E-state index contributed by atoms with van der Waals surface area (Å²) in [6.07, 6.45) is 2.13. The van der Waals surface area contributed by atoms with Crippen LogP contribution in [0.15, 0.2) is 42.6 Å². The molecule has 0 aliphatic heterocycles. The molecule has 2 rings (SSSR count). The molecule has 0 spiro atoms. The van der Waals surface area contributed by atoms with Gasteiger partial charge in [0.1, 0.15) is 11.5 Å². The molecule has 0 bridgehead atoms. The van der Waals surface area contributed by atoms with Crippen LogP contribution < -0.4 is 0 Å². The number of phenols is 1. The van der Waals surface area contributed by atoms with E-state index in [2.05, 4.69) is 4.98 Å². The molecule has 5 nitrogen and oxygen atoms in total. The van der Waals surface area contributed by atoms with Crippen LogP contribution >= 0.6 is 0 Å². The summed E-state index contributed by atoms with van der Waals surface area (Å²) in [6, 6.07) is 9.83. The van der Waals surface area contributed by atoms with Gasteiger partial charge in [-0.05, 0) is 43.2 Å². The zero-order valence-corrected chi connectivity index (χ0v) is 12.0. The first-order chi connectivity index (χ1) is 9.99. The number of hydrogen-bond donors (Lipinski definition) is 2. The topological polar surface area (TPSA) is 73.7 Å². The molecule has 5 heteroatoms. The number of phenolic OH excluding ortho intramolecular Hbond substituents is 1. The van der Waals surface area contributed by atoms with Crippen LogP contribution in [-0.4, -0.2) is 39.1 Å². The summed E-state index contributed by atoms with van der Waals surface area (Å²) in [5, 5.41) is 19.0. The lowest BCUT2D eigenvalue weighted by Crippen LogP contribution is -2.36. The van der Waals surface area contributed by atoms with Gasteiger partial charge in [-0.2, -0.15) is 0 Å². The average Bonchev–Trinajstić information content (AvgIpc) is 2.48. The number of benzene rings is 1. The predicted octanol–water partition coefficient (Wildman–Crippen LogP) is 2.20. The summed E-state index contributed by atoms with van der Waals surface area (Å²) in [4.78, 5) is 17.8. The van der Waals surface area contributed by atoms with Crippen molar-refractivity contribution in [2.45, 2.75) is 19.4 Å². The number of aromatic hydroxyl groups is 2. The van der Waals surface area contributed by atoms with Gasteiger partial charge in [0.25, 0.3) is 5.91 Å². The largest absolute Gasteiger partial charge is 0.508 e. The minimum atomic E-state index is -0.320. The molecule has 2 aromatic rings. The molecule has 0 fully saturated rings. The van der Waals surface area contributed by atoms with Gasteiger partial charge in [0.15, 0.2) is 5.69 Å². The van der Waals surface area contributed by atoms with Gasteiger partial charge in [0.2, 0.25) is 0 Å². The Hall–Kier alpha value is -2.56. The second-order valence-electron chi connectivity index (χ2n) is 5.01. The fourth-order valence-corrected chi connectivity index (χ4v) is 2.04. The third kappa shape index (κ3) is 3.51. The first-order valence-corrected chi connectivity index (χ1v) is 6.68. The fourth-order valence-electron chi connectivity index (χ4n) is 2.04. The van der Waals surface area contributed by atoms with Gasteiger partial charge < -0.3 is 15.1 Å². The lowest BCUT2D eigenvalue weighted by atomic mass is 10.1. The van der Waals surface area contributed by atoms with Crippen LogP contribution in [0.5, 0.6) is 11.5 Å². The second-order valence-corrected chi connectivity index (χ2v) is 5.01. The summed E-state index contributed by atoms with van der Waals surface area (Å²) in [6.45, 7) is 1.92. The molecule has 21 heavy (non-hydrogen) atoms. The molecule has 0 aliphatic rings. The van der Waals surface area contributed by atoms with Crippen molar-refractivity contribution in [1.29, 1.82) is 0 Å². The lowest BCUT2D eigenvalue weighted by Gasteiger charge is -2.25. The number of hydrogen-bond acceptors (Lipinski definition) is 4. The zero-order chi connectivity index (χ0) is 15.4. The van der Waals surface area contributed by atoms with Gasteiger partial charge in [-0.15, -0.1) is 0 Å². The average molecular weight is 286 g/mol. The van der Waals surface area contributed by atoms with Crippen molar-refractivity contribution >= 4 is 5.91 Å². The zero-order valence-electron chi connectivity index (χ0n) is 12.0. The molecule has 1 heterocycles. The summed E-state index contributed by atoms with van der Waals surface area (Å²) >= 11 is 0. The molecule has 1 aromatic heterocycles. The Kier molecular flexibility index (Phi) is 4.42.